The fourth-order valence-electron chi connectivity index (χ4n) is 4.67. The Morgan fingerprint density at radius 2 is 1.82 bits per heavy atom. The van der Waals surface area contributed by atoms with Crippen LogP contribution in [0.15, 0.2) is 48.7 Å². The zero-order valence-electron chi connectivity index (χ0n) is 18.9. The van der Waals surface area contributed by atoms with Crippen LogP contribution in [0, 0.1) is 5.41 Å². The standard InChI is InChI=1S/C26H27F3N2O3/c1-25(8-10-33-11-9-25)24(32)31-23-15-30-22-7-6-19(14-21(22)23)34-20-12-17(13-20)16-2-4-18(5-3-16)26(27,28)29/h2-7,14-15,17,20,30H,8-13H2,1H3,(H,31,32). The zero-order chi connectivity index (χ0) is 23.9. The van der Waals surface area contributed by atoms with Crippen LogP contribution in [-0.2, 0) is 15.7 Å². The number of anilines is 1. The van der Waals surface area contributed by atoms with E-state index in [9.17, 15) is 18.0 Å². The SMILES string of the molecule is CC1(C(=O)Nc2c[nH]c3ccc(OC4CC(c5ccc(C(F)(F)F)cc5)C4)cc23)CCOCC1. The van der Waals surface area contributed by atoms with Gasteiger partial charge in [0.05, 0.1) is 22.8 Å². The molecule has 0 unspecified atom stereocenters. The molecule has 5 rings (SSSR count). The van der Waals surface area contributed by atoms with Crippen molar-refractivity contribution in [2.45, 2.75) is 50.8 Å². The summed E-state index contributed by atoms with van der Waals surface area (Å²) in [5.41, 5.74) is 1.44. The van der Waals surface area contributed by atoms with Crippen LogP contribution < -0.4 is 10.1 Å². The second-order valence-corrected chi connectivity index (χ2v) is 9.56. The van der Waals surface area contributed by atoms with Crippen molar-refractivity contribution in [2.75, 3.05) is 18.5 Å². The van der Waals surface area contributed by atoms with E-state index < -0.39 is 17.2 Å². The maximum atomic E-state index is 12.9. The first-order valence-electron chi connectivity index (χ1n) is 11.6. The van der Waals surface area contributed by atoms with Crippen molar-refractivity contribution < 1.29 is 27.4 Å². The highest BCUT2D eigenvalue weighted by Crippen LogP contribution is 2.41. The van der Waals surface area contributed by atoms with Crippen molar-refractivity contribution in [1.82, 2.24) is 4.98 Å². The molecule has 1 aromatic heterocycles. The van der Waals surface area contributed by atoms with E-state index in [0.717, 1.165) is 47.1 Å². The molecule has 0 atom stereocenters. The number of nitrogens with one attached hydrogen (secondary N) is 2. The highest BCUT2D eigenvalue weighted by Gasteiger charge is 2.36. The van der Waals surface area contributed by atoms with Crippen LogP contribution in [0.5, 0.6) is 5.75 Å². The van der Waals surface area contributed by atoms with Gasteiger partial charge in [-0.15, -0.1) is 0 Å². The average Bonchev–Trinajstić information content (AvgIpc) is 3.18. The van der Waals surface area contributed by atoms with Crippen molar-refractivity contribution in [2.24, 2.45) is 5.41 Å². The third-order valence-electron chi connectivity index (χ3n) is 7.15. The minimum Gasteiger partial charge on any atom is -0.490 e. The molecule has 1 amide bonds. The molecule has 2 aromatic carbocycles. The van der Waals surface area contributed by atoms with E-state index in [1.54, 1.807) is 18.3 Å². The van der Waals surface area contributed by atoms with Gasteiger partial charge in [-0.3, -0.25) is 4.79 Å². The van der Waals surface area contributed by atoms with Gasteiger partial charge in [0.1, 0.15) is 5.75 Å². The Balaban J connectivity index is 1.22. The summed E-state index contributed by atoms with van der Waals surface area (Å²) in [6, 6.07) is 11.1. The first-order valence-corrected chi connectivity index (χ1v) is 11.6. The van der Waals surface area contributed by atoms with Gasteiger partial charge in [-0.05, 0) is 67.5 Å². The summed E-state index contributed by atoms with van der Waals surface area (Å²) in [6.45, 7) is 3.15. The summed E-state index contributed by atoms with van der Waals surface area (Å²) in [6.07, 6.45) is 0.360. The van der Waals surface area contributed by atoms with Gasteiger partial charge in [0.25, 0.3) is 0 Å². The number of amides is 1. The molecular weight excluding hydrogens is 445 g/mol. The predicted octanol–water partition coefficient (Wildman–Crippen LogP) is 6.27. The maximum Gasteiger partial charge on any atom is 0.416 e. The lowest BCUT2D eigenvalue weighted by atomic mass is 9.77. The quantitative estimate of drug-likeness (QED) is 0.460. The molecule has 180 valence electrons. The molecular formula is C26H27F3N2O3. The largest absolute Gasteiger partial charge is 0.490 e. The number of fused-ring (bicyclic) bond motifs is 1. The Bertz CT molecular complexity index is 1170. The van der Waals surface area contributed by atoms with Crippen molar-refractivity contribution in [3.63, 3.8) is 0 Å². The number of carbonyl (C=O) groups is 1. The molecule has 0 radical (unpaired) electrons. The van der Waals surface area contributed by atoms with Crippen LogP contribution in [0.3, 0.4) is 0 Å². The molecule has 2 N–H and O–H groups in total. The van der Waals surface area contributed by atoms with Crippen LogP contribution in [-0.4, -0.2) is 30.2 Å². The molecule has 2 fully saturated rings. The van der Waals surface area contributed by atoms with E-state index in [-0.39, 0.29) is 17.9 Å². The van der Waals surface area contributed by atoms with Crippen LogP contribution in [0.25, 0.3) is 10.9 Å². The lowest BCUT2D eigenvalue weighted by Gasteiger charge is -2.36. The van der Waals surface area contributed by atoms with Crippen molar-refractivity contribution >= 4 is 22.5 Å². The Hall–Kier alpha value is -3.00. The van der Waals surface area contributed by atoms with Gasteiger partial charge in [0.15, 0.2) is 0 Å². The van der Waals surface area contributed by atoms with Crippen molar-refractivity contribution in [3.8, 4) is 5.75 Å². The van der Waals surface area contributed by atoms with Gasteiger partial charge in [-0.25, -0.2) is 0 Å². The molecule has 0 bridgehead atoms. The number of hydrogen-bond acceptors (Lipinski definition) is 3. The Kier molecular flexibility index (Phi) is 5.80. The lowest BCUT2D eigenvalue weighted by Crippen LogP contribution is -2.38. The van der Waals surface area contributed by atoms with Gasteiger partial charge in [-0.1, -0.05) is 19.1 Å². The number of H-pyrrole nitrogens is 1. The van der Waals surface area contributed by atoms with Crippen LogP contribution in [0.2, 0.25) is 0 Å². The fourth-order valence-corrected chi connectivity index (χ4v) is 4.67. The summed E-state index contributed by atoms with van der Waals surface area (Å²) >= 11 is 0. The smallest absolute Gasteiger partial charge is 0.416 e. The molecule has 1 aliphatic heterocycles. The number of halogens is 3. The first kappa shape index (κ1) is 22.8. The third-order valence-corrected chi connectivity index (χ3v) is 7.15. The topological polar surface area (TPSA) is 63.4 Å². The van der Waals surface area contributed by atoms with E-state index in [2.05, 4.69) is 10.3 Å². The number of ether oxygens (including phenoxy) is 2. The van der Waals surface area contributed by atoms with Crippen LogP contribution in [0.1, 0.15) is 49.7 Å². The van der Waals surface area contributed by atoms with Gasteiger partial charge in [-0.2, -0.15) is 13.2 Å². The van der Waals surface area contributed by atoms with Crippen molar-refractivity contribution in [1.29, 1.82) is 0 Å². The number of benzene rings is 2. The number of rotatable bonds is 5. The molecule has 1 saturated carbocycles. The predicted molar refractivity (Wildman–Crippen MR) is 123 cm³/mol. The fraction of sp³-hybridized carbons (Fsp3) is 0.423. The number of carbonyl (C=O) groups excluding carboxylic acids is 1. The van der Waals surface area contributed by atoms with E-state index in [1.165, 1.54) is 0 Å². The van der Waals surface area contributed by atoms with Crippen LogP contribution >= 0.6 is 0 Å². The summed E-state index contributed by atoms with van der Waals surface area (Å²) in [7, 11) is 0. The molecule has 3 aromatic rings. The Labute approximate surface area is 195 Å². The number of aromatic nitrogens is 1. The molecule has 5 nitrogen and oxygen atoms in total. The summed E-state index contributed by atoms with van der Waals surface area (Å²) < 4.78 is 49.8. The molecule has 2 heterocycles. The number of aromatic amines is 1. The molecule has 1 aliphatic carbocycles. The highest BCUT2D eigenvalue weighted by molar-refractivity contribution is 6.03. The second-order valence-electron chi connectivity index (χ2n) is 9.56. The number of hydrogen-bond donors (Lipinski definition) is 2. The summed E-state index contributed by atoms with van der Waals surface area (Å²) in [5.74, 6) is 0.885. The number of alkyl halides is 3. The molecule has 34 heavy (non-hydrogen) atoms. The van der Waals surface area contributed by atoms with E-state index in [0.29, 0.717) is 31.8 Å². The molecule has 0 spiro atoms. The Morgan fingerprint density at radius 1 is 1.12 bits per heavy atom. The zero-order valence-corrected chi connectivity index (χ0v) is 18.9. The molecule has 2 aliphatic rings. The third kappa shape index (κ3) is 4.51. The van der Waals surface area contributed by atoms with E-state index in [1.807, 2.05) is 25.1 Å². The van der Waals surface area contributed by atoms with Gasteiger partial charge in [0, 0.05) is 30.3 Å². The molecule has 8 heteroatoms. The summed E-state index contributed by atoms with van der Waals surface area (Å²) in [5, 5.41) is 3.94. The van der Waals surface area contributed by atoms with E-state index >= 15 is 0 Å². The minimum absolute atomic E-state index is 0.00266. The maximum absolute atomic E-state index is 12.9. The normalized spacial score (nSPS) is 22.2. The molecule has 1 saturated heterocycles. The second kappa shape index (κ2) is 8.65. The Morgan fingerprint density at radius 3 is 2.50 bits per heavy atom. The average molecular weight is 473 g/mol. The van der Waals surface area contributed by atoms with Gasteiger partial charge >= 0.3 is 6.18 Å². The minimum atomic E-state index is -4.32. The summed E-state index contributed by atoms with van der Waals surface area (Å²) in [4.78, 5) is 16.1. The van der Waals surface area contributed by atoms with Crippen molar-refractivity contribution in [3.05, 3.63) is 59.8 Å². The monoisotopic (exact) mass is 472 g/mol. The lowest BCUT2D eigenvalue weighted by molar-refractivity contribution is -0.137. The van der Waals surface area contributed by atoms with Crippen LogP contribution in [0.4, 0.5) is 18.9 Å². The van der Waals surface area contributed by atoms with Gasteiger partial charge < -0.3 is 19.8 Å². The van der Waals surface area contributed by atoms with Gasteiger partial charge in [0.2, 0.25) is 5.91 Å². The first-order chi connectivity index (χ1) is 16.2. The highest BCUT2D eigenvalue weighted by atomic mass is 19.4. The van der Waals surface area contributed by atoms with E-state index in [4.69, 9.17) is 9.47 Å².